The SMILES string of the molecule is COc1cc2c(c(OC)c1OC)-c1ccc(N[C@H](C)C(=O)N3CCOCC3)c(=O)cc1[C@H](NC(C)=O)CC2. The first kappa shape index (κ1) is 27.3. The van der Waals surface area contributed by atoms with Crippen LogP contribution in [0.15, 0.2) is 29.1 Å². The Morgan fingerprint density at radius 2 is 1.76 bits per heavy atom. The first-order valence-corrected chi connectivity index (χ1v) is 12.7. The fraction of sp³-hybridized carbons (Fsp3) is 0.464. The van der Waals surface area contributed by atoms with E-state index in [9.17, 15) is 14.4 Å². The number of nitrogens with one attached hydrogen (secondary N) is 2. The smallest absolute Gasteiger partial charge is 0.244 e. The Hall–Kier alpha value is -3.79. The van der Waals surface area contributed by atoms with E-state index in [0.29, 0.717) is 62.0 Å². The zero-order valence-corrected chi connectivity index (χ0v) is 22.5. The molecule has 0 saturated carbocycles. The van der Waals surface area contributed by atoms with E-state index in [4.69, 9.17) is 18.9 Å². The zero-order valence-electron chi connectivity index (χ0n) is 22.5. The van der Waals surface area contributed by atoms with Gasteiger partial charge in [0.2, 0.25) is 23.0 Å². The molecule has 2 aliphatic rings. The van der Waals surface area contributed by atoms with Gasteiger partial charge in [-0.05, 0) is 54.7 Å². The van der Waals surface area contributed by atoms with Gasteiger partial charge in [-0.25, -0.2) is 0 Å². The Labute approximate surface area is 222 Å². The number of hydrogen-bond donors (Lipinski definition) is 2. The normalized spacial score (nSPS) is 17.3. The summed E-state index contributed by atoms with van der Waals surface area (Å²) >= 11 is 0. The van der Waals surface area contributed by atoms with Crippen molar-refractivity contribution in [2.24, 2.45) is 0 Å². The van der Waals surface area contributed by atoms with Crippen LogP contribution in [0.3, 0.4) is 0 Å². The number of fused-ring (bicyclic) bond motifs is 3. The number of nitrogens with zero attached hydrogens (tertiary/aromatic N) is 1. The highest BCUT2D eigenvalue weighted by Gasteiger charge is 2.30. The van der Waals surface area contributed by atoms with Crippen LogP contribution in [0.2, 0.25) is 0 Å². The summed E-state index contributed by atoms with van der Waals surface area (Å²) in [6, 6.07) is 5.94. The topological polar surface area (TPSA) is 115 Å². The van der Waals surface area contributed by atoms with Crippen LogP contribution >= 0.6 is 0 Å². The van der Waals surface area contributed by atoms with E-state index in [1.807, 2.05) is 12.1 Å². The van der Waals surface area contributed by atoms with Crippen molar-refractivity contribution in [3.8, 4) is 28.4 Å². The minimum absolute atomic E-state index is 0.0965. The summed E-state index contributed by atoms with van der Waals surface area (Å²) < 4.78 is 22.3. The molecule has 2 aromatic carbocycles. The van der Waals surface area contributed by atoms with Gasteiger partial charge in [0.25, 0.3) is 0 Å². The molecule has 0 spiro atoms. The molecule has 10 nitrogen and oxygen atoms in total. The number of hydrogen-bond acceptors (Lipinski definition) is 8. The van der Waals surface area contributed by atoms with E-state index in [2.05, 4.69) is 10.6 Å². The summed E-state index contributed by atoms with van der Waals surface area (Å²) in [7, 11) is 4.66. The van der Waals surface area contributed by atoms with Crippen LogP contribution < -0.4 is 30.3 Å². The minimum atomic E-state index is -0.611. The molecule has 2 atom stereocenters. The van der Waals surface area contributed by atoms with E-state index >= 15 is 0 Å². The van der Waals surface area contributed by atoms with E-state index in [-0.39, 0.29) is 22.9 Å². The van der Waals surface area contributed by atoms with Gasteiger partial charge >= 0.3 is 0 Å². The van der Waals surface area contributed by atoms with E-state index in [1.54, 1.807) is 39.2 Å². The minimum Gasteiger partial charge on any atom is -0.493 e. The van der Waals surface area contributed by atoms with Crippen LogP contribution in [-0.2, 0) is 20.7 Å². The number of ether oxygens (including phenoxy) is 4. The molecule has 0 radical (unpaired) electrons. The lowest BCUT2D eigenvalue weighted by molar-refractivity contribution is -0.135. The number of carbonyl (C=O) groups is 2. The van der Waals surface area contributed by atoms with Gasteiger partial charge in [-0.1, -0.05) is 6.07 Å². The maximum absolute atomic E-state index is 13.5. The Morgan fingerprint density at radius 1 is 1.05 bits per heavy atom. The lowest BCUT2D eigenvalue weighted by Gasteiger charge is -2.29. The van der Waals surface area contributed by atoms with Crippen LogP contribution in [-0.4, -0.2) is 70.4 Å². The first-order chi connectivity index (χ1) is 18.3. The van der Waals surface area contributed by atoms with Gasteiger partial charge < -0.3 is 34.5 Å². The summed E-state index contributed by atoms with van der Waals surface area (Å²) in [5, 5.41) is 6.10. The van der Waals surface area contributed by atoms with Gasteiger partial charge in [0, 0.05) is 25.6 Å². The third-order valence-corrected chi connectivity index (χ3v) is 6.98. The molecule has 2 amide bonds. The molecule has 38 heavy (non-hydrogen) atoms. The molecule has 2 aromatic rings. The van der Waals surface area contributed by atoms with Crippen LogP contribution in [0.4, 0.5) is 5.69 Å². The highest BCUT2D eigenvalue weighted by molar-refractivity contribution is 5.86. The molecule has 1 heterocycles. The molecule has 10 heteroatoms. The largest absolute Gasteiger partial charge is 0.493 e. The molecule has 1 saturated heterocycles. The number of methoxy groups -OCH3 is 3. The second kappa shape index (κ2) is 11.7. The Morgan fingerprint density at radius 3 is 2.39 bits per heavy atom. The number of benzene rings is 1. The van der Waals surface area contributed by atoms with Gasteiger partial charge in [-0.15, -0.1) is 0 Å². The molecular formula is C28H35N3O7. The van der Waals surface area contributed by atoms with Gasteiger partial charge in [-0.3, -0.25) is 14.4 Å². The summed E-state index contributed by atoms with van der Waals surface area (Å²) in [5.41, 5.74) is 3.10. The third-order valence-electron chi connectivity index (χ3n) is 6.98. The second-order valence-electron chi connectivity index (χ2n) is 9.40. The van der Waals surface area contributed by atoms with Crippen LogP contribution in [0, 0.1) is 0 Å². The van der Waals surface area contributed by atoms with E-state index < -0.39 is 12.1 Å². The van der Waals surface area contributed by atoms with Crippen molar-refractivity contribution in [3.63, 3.8) is 0 Å². The molecule has 1 fully saturated rings. The van der Waals surface area contributed by atoms with Crippen molar-refractivity contribution in [2.75, 3.05) is 52.9 Å². The fourth-order valence-corrected chi connectivity index (χ4v) is 5.18. The lowest BCUT2D eigenvalue weighted by Crippen LogP contribution is -2.47. The highest BCUT2D eigenvalue weighted by Crippen LogP contribution is 2.50. The van der Waals surface area contributed by atoms with Crippen LogP contribution in [0.5, 0.6) is 17.2 Å². The molecule has 1 aliphatic carbocycles. The Bertz CT molecular complexity index is 1270. The van der Waals surface area contributed by atoms with Crippen molar-refractivity contribution in [1.29, 1.82) is 0 Å². The summed E-state index contributed by atoms with van der Waals surface area (Å²) in [5.74, 6) is 1.16. The Balaban J connectivity index is 1.84. The quantitative estimate of drug-likeness (QED) is 0.567. The van der Waals surface area contributed by atoms with Crippen molar-refractivity contribution in [3.05, 3.63) is 45.6 Å². The predicted octanol–water partition coefficient (Wildman–Crippen LogP) is 2.52. The average Bonchev–Trinajstić information content (AvgIpc) is 3.16. The molecule has 2 N–H and O–H groups in total. The van der Waals surface area contributed by atoms with Gasteiger partial charge in [-0.2, -0.15) is 0 Å². The number of anilines is 1. The van der Waals surface area contributed by atoms with E-state index in [0.717, 1.165) is 16.7 Å². The maximum Gasteiger partial charge on any atom is 0.244 e. The van der Waals surface area contributed by atoms with E-state index in [1.165, 1.54) is 13.0 Å². The first-order valence-electron chi connectivity index (χ1n) is 12.7. The molecule has 204 valence electrons. The molecule has 4 rings (SSSR count). The Kier molecular flexibility index (Phi) is 8.41. The average molecular weight is 526 g/mol. The number of morpholine rings is 1. The number of rotatable bonds is 7. The van der Waals surface area contributed by atoms with Gasteiger partial charge in [0.15, 0.2) is 11.5 Å². The van der Waals surface area contributed by atoms with Gasteiger partial charge in [0.1, 0.15) is 6.04 Å². The molecule has 1 aliphatic heterocycles. The third kappa shape index (κ3) is 5.40. The molecule has 0 bridgehead atoms. The van der Waals surface area contributed by atoms with Gasteiger partial charge in [0.05, 0.1) is 46.3 Å². The second-order valence-corrected chi connectivity index (χ2v) is 9.40. The monoisotopic (exact) mass is 525 g/mol. The molecule has 0 aromatic heterocycles. The summed E-state index contributed by atoms with van der Waals surface area (Å²) in [6.07, 6.45) is 1.18. The fourth-order valence-electron chi connectivity index (χ4n) is 5.18. The number of aryl methyl sites for hydroxylation is 1. The van der Waals surface area contributed by atoms with Crippen molar-refractivity contribution < 1.29 is 28.5 Å². The summed E-state index contributed by atoms with van der Waals surface area (Å²) in [6.45, 7) is 5.23. The molecular weight excluding hydrogens is 490 g/mol. The van der Waals surface area contributed by atoms with Crippen molar-refractivity contribution in [1.82, 2.24) is 10.2 Å². The summed E-state index contributed by atoms with van der Waals surface area (Å²) in [4.78, 5) is 40.3. The predicted molar refractivity (Wildman–Crippen MR) is 143 cm³/mol. The maximum atomic E-state index is 13.5. The van der Waals surface area contributed by atoms with Crippen molar-refractivity contribution in [2.45, 2.75) is 38.8 Å². The number of amides is 2. The zero-order chi connectivity index (χ0) is 27.4. The lowest BCUT2D eigenvalue weighted by atomic mass is 9.95. The van der Waals surface area contributed by atoms with Crippen molar-refractivity contribution >= 4 is 17.5 Å². The van der Waals surface area contributed by atoms with Crippen LogP contribution in [0.25, 0.3) is 11.1 Å². The standard InChI is InChI=1S/C28H35N3O7/c1-16(28(34)31-10-12-38-13-11-31)29-22-9-7-19-20(15-23(22)33)21(30-17(2)32)8-6-18-14-24(35-3)26(36-4)27(37-5)25(18)19/h7,9,14-16,21H,6,8,10-13H2,1-5H3,(H,29,33)(H,30,32)/t16-,21-/m1/s1. The highest BCUT2D eigenvalue weighted by atomic mass is 16.5. The molecule has 0 unspecified atom stereocenters. The van der Waals surface area contributed by atoms with Crippen LogP contribution in [0.1, 0.15) is 37.4 Å². The number of carbonyl (C=O) groups excluding carboxylic acids is 2.